The van der Waals surface area contributed by atoms with E-state index < -0.39 is 11.4 Å². The number of thioether (sulfide) groups is 2. The highest BCUT2D eigenvalue weighted by Gasteiger charge is 2.38. The minimum Gasteiger partial charge on any atom is -0.341 e. The van der Waals surface area contributed by atoms with E-state index in [4.69, 9.17) is 0 Å². The highest BCUT2D eigenvalue weighted by molar-refractivity contribution is 8.01. The van der Waals surface area contributed by atoms with Crippen LogP contribution in [0.15, 0.2) is 30.3 Å². The minimum atomic E-state index is -0.599. The van der Waals surface area contributed by atoms with Gasteiger partial charge in [-0.2, -0.15) is 11.8 Å². The first-order valence-electron chi connectivity index (χ1n) is 15.1. The van der Waals surface area contributed by atoms with Gasteiger partial charge in [0.05, 0.1) is 6.54 Å². The van der Waals surface area contributed by atoms with Crippen LogP contribution in [0.5, 0.6) is 0 Å². The number of hydrogen-bond acceptors (Lipinski definition) is 6. The van der Waals surface area contributed by atoms with Gasteiger partial charge in [-0.05, 0) is 48.8 Å². The van der Waals surface area contributed by atoms with Gasteiger partial charge in [0.25, 0.3) is 5.91 Å². The van der Waals surface area contributed by atoms with Crippen LogP contribution in [0.1, 0.15) is 70.8 Å². The van der Waals surface area contributed by atoms with Crippen LogP contribution in [-0.4, -0.2) is 75.3 Å². The standard InChI is InChI=1S/C31H47N4O3S2/c1-23(2)19-28(36)35-17-18-40-31(35)29(37)33-27(22-39-21-25-11-7-4-8-12-25)30(38)34-15-13-26(14-16-34)32-20-24-9-5-3-6-10-24/h3,5-6,9-10,17,23,25-27,31-32H,4,7-8,11-16,18-22H2,1-2H3,(H,33,37)/t27-,31?/m0/s1. The Morgan fingerprint density at radius 2 is 1.75 bits per heavy atom. The third-order valence-corrected chi connectivity index (χ3v) is 10.5. The Morgan fingerprint density at radius 3 is 2.45 bits per heavy atom. The number of rotatable bonds is 12. The van der Waals surface area contributed by atoms with Crippen molar-refractivity contribution in [1.29, 1.82) is 0 Å². The molecule has 1 unspecified atom stereocenters. The number of benzene rings is 1. The highest BCUT2D eigenvalue weighted by atomic mass is 32.2. The molecule has 3 fully saturated rings. The Bertz CT molecular complexity index is 949. The molecule has 2 aliphatic heterocycles. The summed E-state index contributed by atoms with van der Waals surface area (Å²) in [4.78, 5) is 43.5. The summed E-state index contributed by atoms with van der Waals surface area (Å²) in [7, 11) is 0. The van der Waals surface area contributed by atoms with Gasteiger partial charge in [0.15, 0.2) is 5.37 Å². The number of amides is 3. The summed E-state index contributed by atoms with van der Waals surface area (Å²) < 4.78 is 0. The van der Waals surface area contributed by atoms with Crippen molar-refractivity contribution in [1.82, 2.24) is 20.4 Å². The summed E-state index contributed by atoms with van der Waals surface area (Å²) in [5, 5.41) is 6.13. The van der Waals surface area contributed by atoms with Gasteiger partial charge < -0.3 is 20.4 Å². The van der Waals surface area contributed by atoms with Crippen LogP contribution >= 0.6 is 23.5 Å². The van der Waals surface area contributed by atoms with Gasteiger partial charge in [-0.3, -0.25) is 14.4 Å². The third-order valence-electron chi connectivity index (χ3n) is 8.09. The molecule has 4 rings (SSSR count). The summed E-state index contributed by atoms with van der Waals surface area (Å²) in [6, 6.07) is 10.2. The summed E-state index contributed by atoms with van der Waals surface area (Å²) in [6.07, 6.45) is 8.68. The van der Waals surface area contributed by atoms with Crippen LogP contribution in [0, 0.1) is 18.4 Å². The normalized spacial score (nSPS) is 21.5. The molecule has 1 aromatic carbocycles. The van der Waals surface area contributed by atoms with E-state index in [0.717, 1.165) is 25.1 Å². The molecule has 3 aliphatic rings. The first-order valence-corrected chi connectivity index (χ1v) is 17.3. The van der Waals surface area contributed by atoms with E-state index in [2.05, 4.69) is 34.9 Å². The molecule has 7 nitrogen and oxygen atoms in total. The molecule has 0 spiro atoms. The largest absolute Gasteiger partial charge is 0.341 e. The van der Waals surface area contributed by atoms with Crippen LogP contribution in [0.2, 0.25) is 0 Å². The number of likely N-dealkylation sites (tertiary alicyclic amines) is 1. The van der Waals surface area contributed by atoms with Gasteiger partial charge >= 0.3 is 0 Å². The molecule has 2 atom stereocenters. The third kappa shape index (κ3) is 9.41. The zero-order valence-corrected chi connectivity index (χ0v) is 25.8. The molecule has 3 amide bonds. The van der Waals surface area contributed by atoms with E-state index in [9.17, 15) is 14.4 Å². The summed E-state index contributed by atoms with van der Waals surface area (Å²) in [5.41, 5.74) is 1.27. The Hall–Kier alpha value is -1.71. The lowest BCUT2D eigenvalue weighted by Gasteiger charge is -2.35. The maximum absolute atomic E-state index is 13.8. The summed E-state index contributed by atoms with van der Waals surface area (Å²) in [6.45, 7) is 8.05. The molecule has 0 bridgehead atoms. The molecule has 40 heavy (non-hydrogen) atoms. The second-order valence-corrected chi connectivity index (χ2v) is 14.0. The maximum atomic E-state index is 13.8. The fraction of sp³-hybridized carbons (Fsp3) is 0.677. The topological polar surface area (TPSA) is 81.8 Å². The number of piperidine rings is 1. The van der Waals surface area contributed by atoms with Crippen molar-refractivity contribution in [2.75, 3.05) is 30.3 Å². The predicted octanol–water partition coefficient (Wildman–Crippen LogP) is 4.67. The maximum Gasteiger partial charge on any atom is 0.254 e. The monoisotopic (exact) mass is 587 g/mol. The Balaban J connectivity index is 1.33. The molecule has 2 saturated heterocycles. The van der Waals surface area contributed by atoms with Crippen LogP contribution in [0.4, 0.5) is 0 Å². The number of carbonyl (C=O) groups excluding carboxylic acids is 3. The zero-order chi connectivity index (χ0) is 28.3. The Morgan fingerprint density at radius 1 is 1.02 bits per heavy atom. The second-order valence-electron chi connectivity index (χ2n) is 11.8. The van der Waals surface area contributed by atoms with E-state index in [-0.39, 0.29) is 23.6 Å². The highest BCUT2D eigenvalue weighted by Crippen LogP contribution is 2.29. The average molecular weight is 588 g/mol. The fourth-order valence-electron chi connectivity index (χ4n) is 5.79. The molecular weight excluding hydrogens is 541 g/mol. The van der Waals surface area contributed by atoms with E-state index >= 15 is 0 Å². The summed E-state index contributed by atoms with van der Waals surface area (Å²) >= 11 is 3.25. The van der Waals surface area contributed by atoms with Crippen molar-refractivity contribution in [2.45, 2.75) is 89.2 Å². The van der Waals surface area contributed by atoms with E-state index in [1.54, 1.807) is 16.7 Å². The molecular formula is C31H47N4O3S2. The quantitative estimate of drug-likeness (QED) is 0.370. The first-order chi connectivity index (χ1) is 19.4. The van der Waals surface area contributed by atoms with Gasteiger partial charge in [-0.1, -0.05) is 63.4 Å². The van der Waals surface area contributed by atoms with E-state index in [0.29, 0.717) is 43.0 Å². The van der Waals surface area contributed by atoms with Crippen molar-refractivity contribution in [3.05, 3.63) is 42.4 Å². The molecule has 221 valence electrons. The van der Waals surface area contributed by atoms with Gasteiger partial charge in [-0.15, -0.1) is 11.8 Å². The molecule has 0 aromatic heterocycles. The van der Waals surface area contributed by atoms with E-state index in [1.165, 1.54) is 49.4 Å². The molecule has 9 heteroatoms. The molecule has 2 heterocycles. The van der Waals surface area contributed by atoms with E-state index in [1.807, 2.05) is 31.4 Å². The number of hydrogen-bond donors (Lipinski definition) is 2. The molecule has 1 radical (unpaired) electrons. The average Bonchev–Trinajstić information content (AvgIpc) is 3.47. The molecule has 1 aliphatic carbocycles. The van der Waals surface area contributed by atoms with Crippen LogP contribution in [0.3, 0.4) is 0 Å². The number of carbonyl (C=O) groups is 3. The van der Waals surface area contributed by atoms with Gasteiger partial charge in [0.1, 0.15) is 6.04 Å². The van der Waals surface area contributed by atoms with Crippen LogP contribution in [-0.2, 0) is 20.9 Å². The van der Waals surface area contributed by atoms with Gasteiger partial charge in [0.2, 0.25) is 11.8 Å². The lowest BCUT2D eigenvalue weighted by atomic mass is 9.91. The zero-order valence-electron chi connectivity index (χ0n) is 24.2. The minimum absolute atomic E-state index is 0.0121. The molecule has 1 saturated carbocycles. The van der Waals surface area contributed by atoms with Gasteiger partial charge in [0, 0.05) is 43.6 Å². The smallest absolute Gasteiger partial charge is 0.254 e. The number of nitrogens with zero attached hydrogens (tertiary/aromatic N) is 2. The van der Waals surface area contributed by atoms with Crippen molar-refractivity contribution < 1.29 is 14.4 Å². The van der Waals surface area contributed by atoms with Crippen molar-refractivity contribution >= 4 is 41.2 Å². The van der Waals surface area contributed by atoms with Crippen LogP contribution in [0.25, 0.3) is 0 Å². The predicted molar refractivity (Wildman–Crippen MR) is 166 cm³/mol. The SMILES string of the molecule is CC(C)CC(=O)N1[CH]CSC1C(=O)N[C@@H](CSCC1CCCCC1)C(=O)N1CCC(NCc2ccccc2)CC1. The first kappa shape index (κ1) is 31.2. The second kappa shape index (κ2) is 16.1. The summed E-state index contributed by atoms with van der Waals surface area (Å²) in [5.74, 6) is 2.93. The van der Waals surface area contributed by atoms with Crippen LogP contribution < -0.4 is 10.6 Å². The number of nitrogens with one attached hydrogen (secondary N) is 2. The van der Waals surface area contributed by atoms with Crippen molar-refractivity contribution in [3.8, 4) is 0 Å². The van der Waals surface area contributed by atoms with Crippen molar-refractivity contribution in [2.24, 2.45) is 11.8 Å². The van der Waals surface area contributed by atoms with Gasteiger partial charge in [-0.25, -0.2) is 0 Å². The molecule has 1 aromatic rings. The van der Waals surface area contributed by atoms with Crippen molar-refractivity contribution in [3.63, 3.8) is 0 Å². The lowest BCUT2D eigenvalue weighted by molar-refractivity contribution is -0.139. The fourth-order valence-corrected chi connectivity index (χ4v) is 8.06. The Kier molecular flexibility index (Phi) is 12.5. The lowest BCUT2D eigenvalue weighted by Crippen LogP contribution is -2.56. The molecule has 2 N–H and O–H groups in total. The Labute approximate surface area is 249 Å².